The fourth-order valence-electron chi connectivity index (χ4n) is 1.48. The van der Waals surface area contributed by atoms with Crippen LogP contribution in [0.5, 0.6) is 0 Å². The van der Waals surface area contributed by atoms with Crippen molar-refractivity contribution in [1.29, 1.82) is 0 Å². The van der Waals surface area contributed by atoms with Crippen molar-refractivity contribution in [2.24, 2.45) is 12.8 Å². The van der Waals surface area contributed by atoms with Crippen molar-refractivity contribution in [2.75, 3.05) is 0 Å². The van der Waals surface area contributed by atoms with E-state index in [1.165, 1.54) is 0 Å². The summed E-state index contributed by atoms with van der Waals surface area (Å²) < 4.78 is 1.77. The number of nitrogens with two attached hydrogens (primary N) is 1. The van der Waals surface area contributed by atoms with Crippen LogP contribution < -0.4 is 5.73 Å². The number of halogens is 1. The zero-order valence-corrected chi connectivity index (χ0v) is 8.04. The highest BCUT2D eigenvalue weighted by Gasteiger charge is 2.08. The summed E-state index contributed by atoms with van der Waals surface area (Å²) in [7, 11) is 1.87. The van der Waals surface area contributed by atoms with Crippen LogP contribution in [0.4, 0.5) is 0 Å². The van der Waals surface area contributed by atoms with E-state index in [4.69, 9.17) is 17.3 Å². The molecule has 0 fully saturated rings. The van der Waals surface area contributed by atoms with Crippen molar-refractivity contribution in [3.8, 4) is 0 Å². The van der Waals surface area contributed by atoms with Gasteiger partial charge in [0.05, 0.1) is 10.7 Å². The molecule has 0 aliphatic heterocycles. The van der Waals surface area contributed by atoms with Crippen LogP contribution in [0, 0.1) is 0 Å². The lowest BCUT2D eigenvalue weighted by atomic mass is 10.2. The van der Waals surface area contributed by atoms with Crippen LogP contribution in [0.1, 0.15) is 5.69 Å². The van der Waals surface area contributed by atoms with E-state index < -0.39 is 0 Å². The first-order valence-corrected chi connectivity index (χ1v) is 4.42. The van der Waals surface area contributed by atoms with E-state index in [1.54, 1.807) is 4.68 Å². The summed E-state index contributed by atoms with van der Waals surface area (Å²) in [5, 5.41) is 6.00. The molecule has 2 aromatic rings. The normalized spacial score (nSPS) is 11.0. The lowest BCUT2D eigenvalue weighted by molar-refractivity contribution is 0.722. The summed E-state index contributed by atoms with van der Waals surface area (Å²) in [5.74, 6) is 0. The molecule has 0 aliphatic rings. The first-order chi connectivity index (χ1) is 6.24. The van der Waals surface area contributed by atoms with Gasteiger partial charge in [-0.1, -0.05) is 23.7 Å². The summed E-state index contributed by atoms with van der Waals surface area (Å²) in [4.78, 5) is 0. The maximum atomic E-state index is 5.98. The third-order valence-corrected chi connectivity index (χ3v) is 2.44. The van der Waals surface area contributed by atoms with Crippen LogP contribution in [0.15, 0.2) is 18.2 Å². The molecule has 1 aromatic carbocycles. The molecule has 2 N–H and O–H groups in total. The molecule has 0 radical (unpaired) electrons. The highest BCUT2D eigenvalue weighted by atomic mass is 35.5. The Labute approximate surface area is 81.1 Å². The lowest BCUT2D eigenvalue weighted by Crippen LogP contribution is -2.04. The number of fused-ring (bicyclic) bond motifs is 1. The Balaban J connectivity index is 2.86. The smallest absolute Gasteiger partial charge is 0.111 e. The minimum atomic E-state index is 0.480. The van der Waals surface area contributed by atoms with Crippen molar-refractivity contribution >= 4 is 22.5 Å². The Morgan fingerprint density at radius 2 is 2.31 bits per heavy atom. The molecule has 0 saturated heterocycles. The minimum absolute atomic E-state index is 0.480. The van der Waals surface area contributed by atoms with Crippen LogP contribution in [0.3, 0.4) is 0 Å². The van der Waals surface area contributed by atoms with Crippen LogP contribution in [-0.4, -0.2) is 9.78 Å². The summed E-state index contributed by atoms with van der Waals surface area (Å²) in [5.41, 5.74) is 7.44. The first-order valence-electron chi connectivity index (χ1n) is 4.04. The van der Waals surface area contributed by atoms with Gasteiger partial charge >= 0.3 is 0 Å². The molecule has 1 heterocycles. The average molecular weight is 196 g/mol. The number of aromatic nitrogens is 2. The predicted molar refractivity (Wildman–Crippen MR) is 53.6 cm³/mol. The molecular weight excluding hydrogens is 186 g/mol. The largest absolute Gasteiger partial charge is 0.325 e. The summed E-state index contributed by atoms with van der Waals surface area (Å²) >= 11 is 5.98. The van der Waals surface area contributed by atoms with Crippen molar-refractivity contribution in [1.82, 2.24) is 9.78 Å². The number of benzene rings is 1. The van der Waals surface area contributed by atoms with Gasteiger partial charge in [-0.15, -0.1) is 0 Å². The molecule has 0 unspecified atom stereocenters. The van der Waals surface area contributed by atoms with Gasteiger partial charge in [-0.2, -0.15) is 5.10 Å². The number of hydrogen-bond donors (Lipinski definition) is 1. The molecule has 0 aliphatic carbocycles. The molecule has 13 heavy (non-hydrogen) atoms. The monoisotopic (exact) mass is 195 g/mol. The first kappa shape index (κ1) is 8.53. The second kappa shape index (κ2) is 3.01. The molecule has 0 amide bonds. The molecule has 0 saturated carbocycles. The number of nitrogens with zero attached hydrogens (tertiary/aromatic N) is 2. The van der Waals surface area contributed by atoms with E-state index in [1.807, 2.05) is 25.2 Å². The fraction of sp³-hybridized carbons (Fsp3) is 0.222. The molecule has 0 bridgehead atoms. The summed E-state index contributed by atoms with van der Waals surface area (Å²) in [6.45, 7) is 0.480. The second-order valence-corrected chi connectivity index (χ2v) is 3.32. The quantitative estimate of drug-likeness (QED) is 0.753. The SMILES string of the molecule is Cn1nc2c(Cl)cccc2c1CN. The van der Waals surface area contributed by atoms with Crippen molar-refractivity contribution in [2.45, 2.75) is 6.54 Å². The molecular formula is C9H10ClN3. The Morgan fingerprint density at radius 1 is 1.54 bits per heavy atom. The molecule has 0 atom stereocenters. The maximum absolute atomic E-state index is 5.98. The topological polar surface area (TPSA) is 43.8 Å². The van der Waals surface area contributed by atoms with Gasteiger partial charge in [0.1, 0.15) is 5.52 Å². The third-order valence-electron chi connectivity index (χ3n) is 2.13. The van der Waals surface area contributed by atoms with Gasteiger partial charge in [-0.05, 0) is 6.07 Å². The Hall–Kier alpha value is -1.06. The van der Waals surface area contributed by atoms with Crippen LogP contribution >= 0.6 is 11.6 Å². The van der Waals surface area contributed by atoms with E-state index in [0.717, 1.165) is 16.6 Å². The van der Waals surface area contributed by atoms with E-state index in [0.29, 0.717) is 11.6 Å². The van der Waals surface area contributed by atoms with Gasteiger partial charge in [-0.3, -0.25) is 4.68 Å². The lowest BCUT2D eigenvalue weighted by Gasteiger charge is -1.96. The van der Waals surface area contributed by atoms with Gasteiger partial charge < -0.3 is 5.73 Å². The molecule has 2 rings (SSSR count). The van der Waals surface area contributed by atoms with Crippen molar-refractivity contribution in [3.63, 3.8) is 0 Å². The third kappa shape index (κ3) is 1.20. The van der Waals surface area contributed by atoms with E-state index in [-0.39, 0.29) is 0 Å². The number of rotatable bonds is 1. The van der Waals surface area contributed by atoms with E-state index >= 15 is 0 Å². The highest BCUT2D eigenvalue weighted by molar-refractivity contribution is 6.35. The Kier molecular flexibility index (Phi) is 1.98. The van der Waals surface area contributed by atoms with Crippen LogP contribution in [0.2, 0.25) is 5.02 Å². The van der Waals surface area contributed by atoms with Gasteiger partial charge in [0.25, 0.3) is 0 Å². The maximum Gasteiger partial charge on any atom is 0.111 e. The molecule has 4 heteroatoms. The highest BCUT2D eigenvalue weighted by Crippen LogP contribution is 2.24. The van der Waals surface area contributed by atoms with Crippen molar-refractivity contribution in [3.05, 3.63) is 28.9 Å². The molecule has 68 valence electrons. The summed E-state index contributed by atoms with van der Waals surface area (Å²) in [6, 6.07) is 5.72. The van der Waals surface area contributed by atoms with E-state index in [2.05, 4.69) is 5.10 Å². The zero-order chi connectivity index (χ0) is 9.42. The van der Waals surface area contributed by atoms with Gasteiger partial charge in [-0.25, -0.2) is 0 Å². The molecule has 1 aromatic heterocycles. The predicted octanol–water partition coefficient (Wildman–Crippen LogP) is 1.69. The molecule has 0 spiro atoms. The van der Waals surface area contributed by atoms with Gasteiger partial charge in [0.15, 0.2) is 0 Å². The van der Waals surface area contributed by atoms with Crippen LogP contribution in [0.25, 0.3) is 10.9 Å². The standard InChI is InChI=1S/C9H10ClN3/c1-13-8(5-11)6-3-2-4-7(10)9(6)12-13/h2-4H,5,11H2,1H3. The second-order valence-electron chi connectivity index (χ2n) is 2.91. The number of hydrogen-bond acceptors (Lipinski definition) is 2. The molecule has 3 nitrogen and oxygen atoms in total. The van der Waals surface area contributed by atoms with E-state index in [9.17, 15) is 0 Å². The number of aryl methyl sites for hydroxylation is 1. The van der Waals surface area contributed by atoms with Gasteiger partial charge in [0.2, 0.25) is 0 Å². The Bertz CT molecular complexity index is 447. The minimum Gasteiger partial charge on any atom is -0.325 e. The summed E-state index contributed by atoms with van der Waals surface area (Å²) in [6.07, 6.45) is 0. The average Bonchev–Trinajstić information content (AvgIpc) is 2.43. The van der Waals surface area contributed by atoms with Gasteiger partial charge in [0, 0.05) is 19.0 Å². The zero-order valence-electron chi connectivity index (χ0n) is 7.29. The van der Waals surface area contributed by atoms with Crippen molar-refractivity contribution < 1.29 is 0 Å². The van der Waals surface area contributed by atoms with Crippen LogP contribution in [-0.2, 0) is 13.6 Å². The fourth-order valence-corrected chi connectivity index (χ4v) is 1.69. The Morgan fingerprint density at radius 3 is 3.00 bits per heavy atom.